The summed E-state index contributed by atoms with van der Waals surface area (Å²) in [6, 6.07) is 27.8. The van der Waals surface area contributed by atoms with Crippen molar-refractivity contribution in [1.82, 2.24) is 4.57 Å². The Labute approximate surface area is 248 Å². The van der Waals surface area contributed by atoms with E-state index in [1.54, 1.807) is 5.56 Å². The van der Waals surface area contributed by atoms with Crippen molar-refractivity contribution < 1.29 is 0 Å². The first kappa shape index (κ1) is 28.1. The molecule has 3 aromatic carbocycles. The van der Waals surface area contributed by atoms with Crippen molar-refractivity contribution in [3.8, 4) is 5.69 Å². The van der Waals surface area contributed by atoms with E-state index in [0.717, 1.165) is 6.54 Å². The lowest BCUT2D eigenvalue weighted by molar-refractivity contribution is 0.257. The molecule has 216 valence electrons. The maximum absolute atomic E-state index is 2.64. The van der Waals surface area contributed by atoms with Crippen LogP contribution in [0.1, 0.15) is 116 Å². The lowest BCUT2D eigenvalue weighted by Gasteiger charge is -2.39. The van der Waals surface area contributed by atoms with Gasteiger partial charge in [0, 0.05) is 34.7 Å². The van der Waals surface area contributed by atoms with Crippen molar-refractivity contribution in [2.45, 2.75) is 104 Å². The van der Waals surface area contributed by atoms with Crippen molar-refractivity contribution in [3.63, 3.8) is 0 Å². The van der Waals surface area contributed by atoms with Gasteiger partial charge in [-0.1, -0.05) is 104 Å². The summed E-state index contributed by atoms with van der Waals surface area (Å²) < 4.78 is 2.62. The fourth-order valence-electron chi connectivity index (χ4n) is 8.02. The maximum Gasteiger partial charge on any atom is 0.0534 e. The van der Waals surface area contributed by atoms with Crippen LogP contribution in [0, 0.1) is 11.3 Å². The predicted molar refractivity (Wildman–Crippen MR) is 177 cm³/mol. The van der Waals surface area contributed by atoms with E-state index in [0.29, 0.717) is 17.8 Å². The van der Waals surface area contributed by atoms with Crippen LogP contribution in [0.25, 0.3) is 16.6 Å². The summed E-state index contributed by atoms with van der Waals surface area (Å²) in [7, 11) is 0. The van der Waals surface area contributed by atoms with Gasteiger partial charge in [-0.3, -0.25) is 0 Å². The van der Waals surface area contributed by atoms with E-state index in [1.165, 1.54) is 77.7 Å². The van der Waals surface area contributed by atoms with E-state index in [4.69, 9.17) is 0 Å². The zero-order valence-electron chi connectivity index (χ0n) is 26.5. The van der Waals surface area contributed by atoms with Crippen molar-refractivity contribution in [3.05, 3.63) is 89.6 Å². The molecule has 0 saturated heterocycles. The number of rotatable bonds is 2. The Morgan fingerprint density at radius 1 is 0.732 bits per heavy atom. The minimum absolute atomic E-state index is 0.166. The third-order valence-corrected chi connectivity index (χ3v) is 10.8. The van der Waals surface area contributed by atoms with Gasteiger partial charge in [-0.05, 0) is 95.7 Å². The molecule has 0 amide bonds. The van der Waals surface area contributed by atoms with Gasteiger partial charge in [0.05, 0.1) is 5.52 Å². The Morgan fingerprint density at radius 2 is 1.44 bits per heavy atom. The highest BCUT2D eigenvalue weighted by Gasteiger charge is 2.35. The minimum Gasteiger partial charge on any atom is -0.341 e. The fraction of sp³-hybridized carbons (Fsp3) is 0.487. The van der Waals surface area contributed by atoms with Crippen LogP contribution in [-0.4, -0.2) is 11.1 Å². The summed E-state index contributed by atoms with van der Waals surface area (Å²) in [5.74, 6) is 1.64. The van der Waals surface area contributed by atoms with E-state index in [9.17, 15) is 0 Å². The van der Waals surface area contributed by atoms with Gasteiger partial charge in [0.25, 0.3) is 0 Å². The molecule has 3 atom stereocenters. The number of benzene rings is 3. The summed E-state index contributed by atoms with van der Waals surface area (Å²) in [6.45, 7) is 18.2. The second kappa shape index (κ2) is 10.7. The van der Waals surface area contributed by atoms with Crippen LogP contribution in [-0.2, 0) is 5.41 Å². The Balaban J connectivity index is 1.55. The summed E-state index contributed by atoms with van der Waals surface area (Å²) >= 11 is 0. The van der Waals surface area contributed by atoms with Gasteiger partial charge < -0.3 is 9.47 Å². The maximum atomic E-state index is 2.64. The molecular weight excluding hydrogens is 496 g/mol. The lowest BCUT2D eigenvalue weighted by Crippen LogP contribution is -2.29. The molecule has 2 nitrogen and oxygen atoms in total. The topological polar surface area (TPSA) is 8.17 Å². The quantitative estimate of drug-likeness (QED) is 0.227. The summed E-state index contributed by atoms with van der Waals surface area (Å²) in [6.07, 6.45) is 7.63. The molecule has 2 heterocycles. The Hall–Kier alpha value is -3.00. The van der Waals surface area contributed by atoms with Gasteiger partial charge in [-0.15, -0.1) is 0 Å². The second-order valence-corrected chi connectivity index (χ2v) is 14.7. The third-order valence-electron chi connectivity index (χ3n) is 10.8. The molecule has 0 fully saturated rings. The van der Waals surface area contributed by atoms with Gasteiger partial charge >= 0.3 is 0 Å². The zero-order valence-corrected chi connectivity index (χ0v) is 26.5. The van der Waals surface area contributed by atoms with E-state index in [-0.39, 0.29) is 10.8 Å². The summed E-state index contributed by atoms with van der Waals surface area (Å²) in [4.78, 5) is 2.64. The van der Waals surface area contributed by atoms with Crippen LogP contribution in [0.3, 0.4) is 0 Å². The van der Waals surface area contributed by atoms with Gasteiger partial charge in [0.15, 0.2) is 0 Å². The van der Waals surface area contributed by atoms with Crippen molar-refractivity contribution >= 4 is 22.3 Å². The highest BCUT2D eigenvalue weighted by Crippen LogP contribution is 2.48. The Kier molecular flexibility index (Phi) is 7.33. The number of hydrogen-bond acceptors (Lipinski definition) is 1. The molecule has 0 bridgehead atoms. The van der Waals surface area contributed by atoms with Crippen LogP contribution in [0.15, 0.2) is 72.8 Å². The Morgan fingerprint density at radius 3 is 2.27 bits per heavy atom. The molecule has 1 aromatic heterocycles. The fourth-order valence-corrected chi connectivity index (χ4v) is 8.02. The largest absolute Gasteiger partial charge is 0.341 e. The average Bonchev–Trinajstić information content (AvgIpc) is 3.26. The molecule has 3 unspecified atom stereocenters. The predicted octanol–water partition coefficient (Wildman–Crippen LogP) is 11.3. The first-order valence-electron chi connectivity index (χ1n) is 16.2. The van der Waals surface area contributed by atoms with Crippen LogP contribution in [0.5, 0.6) is 0 Å². The highest BCUT2D eigenvalue weighted by molar-refractivity contribution is 5.89. The first-order valence-corrected chi connectivity index (χ1v) is 16.2. The molecule has 6 rings (SSSR count). The lowest BCUT2D eigenvalue weighted by atomic mass is 9.71. The van der Waals surface area contributed by atoms with Crippen LogP contribution >= 0.6 is 0 Å². The number of fused-ring (bicyclic) bond motifs is 4. The van der Waals surface area contributed by atoms with E-state index < -0.39 is 0 Å². The number of para-hydroxylation sites is 2. The van der Waals surface area contributed by atoms with E-state index in [1.807, 2.05) is 0 Å². The molecule has 2 heteroatoms. The van der Waals surface area contributed by atoms with Gasteiger partial charge in [-0.2, -0.15) is 0 Å². The smallest absolute Gasteiger partial charge is 0.0534 e. The Bertz CT molecular complexity index is 1540. The van der Waals surface area contributed by atoms with Crippen molar-refractivity contribution in [2.24, 2.45) is 11.3 Å². The van der Waals surface area contributed by atoms with Crippen LogP contribution < -0.4 is 4.90 Å². The molecule has 0 saturated carbocycles. The van der Waals surface area contributed by atoms with Gasteiger partial charge in [0.2, 0.25) is 0 Å². The molecule has 0 spiro atoms. The number of nitrogens with zero attached hydrogens (tertiary/aromatic N) is 2. The number of hydrogen-bond donors (Lipinski definition) is 0. The molecular formula is C39H50N2. The van der Waals surface area contributed by atoms with Crippen molar-refractivity contribution in [2.75, 3.05) is 11.4 Å². The van der Waals surface area contributed by atoms with E-state index >= 15 is 0 Å². The molecule has 1 aliphatic heterocycles. The SMILES string of the molecule is CC1CCCC(C)(C)C(C)c2ccccc2N(c2cccc(-n3c4c(c5ccccc53)C(C)(C)CCCC4C)c2)C1. The normalized spacial score (nSPS) is 24.4. The molecule has 4 aromatic rings. The highest BCUT2D eigenvalue weighted by atomic mass is 15.1. The van der Waals surface area contributed by atoms with Gasteiger partial charge in [-0.25, -0.2) is 0 Å². The summed E-state index contributed by atoms with van der Waals surface area (Å²) in [5.41, 5.74) is 10.3. The second-order valence-electron chi connectivity index (χ2n) is 14.7. The number of anilines is 2. The van der Waals surface area contributed by atoms with Crippen LogP contribution in [0.4, 0.5) is 11.4 Å². The monoisotopic (exact) mass is 546 g/mol. The average molecular weight is 547 g/mol. The third kappa shape index (κ3) is 5.02. The molecule has 1 aliphatic carbocycles. The molecule has 2 aliphatic rings. The van der Waals surface area contributed by atoms with Crippen LogP contribution in [0.2, 0.25) is 0 Å². The molecule has 0 N–H and O–H groups in total. The molecule has 41 heavy (non-hydrogen) atoms. The summed E-state index contributed by atoms with van der Waals surface area (Å²) in [5, 5.41) is 1.43. The first-order chi connectivity index (χ1) is 19.6. The van der Waals surface area contributed by atoms with E-state index in [2.05, 4.69) is 131 Å². The zero-order chi connectivity index (χ0) is 28.9. The van der Waals surface area contributed by atoms with Gasteiger partial charge in [0.1, 0.15) is 0 Å². The van der Waals surface area contributed by atoms with Crippen molar-refractivity contribution in [1.29, 1.82) is 0 Å². The standard InChI is InChI=1S/C39H50N2/c1-27-15-13-23-38(4,5)29(3)32-19-8-10-21-34(32)40(26-27)30-17-12-18-31(25-30)41-35-22-11-9-20-33(35)36-37(41)28(2)16-14-24-39(36,6)7/h8-12,17-22,25,27-29H,13-16,23-24,26H2,1-7H3. The minimum atomic E-state index is 0.166. The molecule has 0 radical (unpaired) electrons. The number of aromatic nitrogens is 1.